The van der Waals surface area contributed by atoms with Crippen molar-refractivity contribution in [3.8, 4) is 10.4 Å². The lowest BCUT2D eigenvalue weighted by atomic mass is 10.1. The fraction of sp³-hybridized carbons (Fsp3) is 0.300. The predicted molar refractivity (Wildman–Crippen MR) is 159 cm³/mol. The highest BCUT2D eigenvalue weighted by atomic mass is 32.1. The van der Waals surface area contributed by atoms with Crippen molar-refractivity contribution in [2.45, 2.75) is 39.8 Å². The first-order valence-corrected chi connectivity index (χ1v) is 13.6. The predicted octanol–water partition coefficient (Wildman–Crippen LogP) is 5.66. The second-order valence-corrected chi connectivity index (χ2v) is 10.9. The van der Waals surface area contributed by atoms with E-state index >= 15 is 0 Å². The SMILES string of the molecule is CC(=O)NCCNCc1ccc(C=CC(=O)Nc2cc(-c3cccs3)ccc2N(C)C(=O)OC(C)(C)C)cc1. The quantitative estimate of drug-likeness (QED) is 0.224. The molecule has 206 valence electrons. The Balaban J connectivity index is 1.69. The molecule has 0 aliphatic heterocycles. The molecule has 0 aliphatic rings. The van der Waals surface area contributed by atoms with Gasteiger partial charge in [0.1, 0.15) is 5.60 Å². The third-order valence-corrected chi connectivity index (χ3v) is 6.42. The van der Waals surface area contributed by atoms with Gasteiger partial charge in [-0.05, 0) is 67.1 Å². The molecule has 3 N–H and O–H groups in total. The van der Waals surface area contributed by atoms with Crippen LogP contribution < -0.4 is 20.9 Å². The average molecular weight is 549 g/mol. The first kappa shape index (κ1) is 29.6. The van der Waals surface area contributed by atoms with Gasteiger partial charge in [0, 0.05) is 44.6 Å². The molecule has 1 heterocycles. The van der Waals surface area contributed by atoms with E-state index in [9.17, 15) is 14.4 Å². The summed E-state index contributed by atoms with van der Waals surface area (Å²) < 4.78 is 5.52. The summed E-state index contributed by atoms with van der Waals surface area (Å²) >= 11 is 1.60. The van der Waals surface area contributed by atoms with E-state index < -0.39 is 11.7 Å². The zero-order chi connectivity index (χ0) is 28.4. The summed E-state index contributed by atoms with van der Waals surface area (Å²) in [5.41, 5.74) is 3.30. The molecule has 0 radical (unpaired) electrons. The summed E-state index contributed by atoms with van der Waals surface area (Å²) in [6, 6.07) is 17.4. The van der Waals surface area contributed by atoms with E-state index in [2.05, 4.69) is 16.0 Å². The maximum Gasteiger partial charge on any atom is 0.414 e. The number of hydrogen-bond acceptors (Lipinski definition) is 6. The highest BCUT2D eigenvalue weighted by Crippen LogP contribution is 2.34. The summed E-state index contributed by atoms with van der Waals surface area (Å²) in [5, 5.41) is 10.9. The van der Waals surface area contributed by atoms with Crippen molar-refractivity contribution in [3.05, 3.63) is 77.2 Å². The van der Waals surface area contributed by atoms with Gasteiger partial charge in [0.05, 0.1) is 11.4 Å². The number of ether oxygens (including phenoxy) is 1. The zero-order valence-electron chi connectivity index (χ0n) is 23.0. The van der Waals surface area contributed by atoms with E-state index in [1.54, 1.807) is 30.5 Å². The van der Waals surface area contributed by atoms with Gasteiger partial charge >= 0.3 is 6.09 Å². The molecule has 8 nitrogen and oxygen atoms in total. The Bertz CT molecular complexity index is 1300. The Morgan fingerprint density at radius 3 is 2.41 bits per heavy atom. The van der Waals surface area contributed by atoms with E-state index in [0.29, 0.717) is 31.0 Å². The van der Waals surface area contributed by atoms with Crippen LogP contribution in [0.25, 0.3) is 16.5 Å². The van der Waals surface area contributed by atoms with Crippen LogP contribution >= 0.6 is 11.3 Å². The molecule has 2 aromatic carbocycles. The van der Waals surface area contributed by atoms with E-state index in [-0.39, 0.29) is 11.8 Å². The molecule has 0 saturated carbocycles. The van der Waals surface area contributed by atoms with E-state index in [0.717, 1.165) is 21.6 Å². The van der Waals surface area contributed by atoms with Gasteiger partial charge < -0.3 is 20.7 Å². The number of rotatable bonds is 10. The van der Waals surface area contributed by atoms with Crippen LogP contribution in [0.2, 0.25) is 0 Å². The molecule has 0 atom stereocenters. The number of carbonyl (C=O) groups is 3. The Morgan fingerprint density at radius 1 is 1.03 bits per heavy atom. The molecule has 39 heavy (non-hydrogen) atoms. The van der Waals surface area contributed by atoms with Crippen molar-refractivity contribution in [3.63, 3.8) is 0 Å². The molecule has 3 rings (SSSR count). The maximum atomic E-state index is 12.9. The molecule has 0 unspecified atom stereocenters. The van der Waals surface area contributed by atoms with Gasteiger partial charge in [-0.2, -0.15) is 0 Å². The van der Waals surface area contributed by atoms with Crippen LogP contribution in [-0.4, -0.2) is 43.6 Å². The molecule has 0 fully saturated rings. The standard InChI is InChI=1S/C30H36N4O4S/c1-21(35)32-17-16-31-20-23-10-8-22(9-11-23)12-15-28(36)33-25-19-24(27-7-6-18-39-27)13-14-26(25)34(5)29(37)38-30(2,3)4/h6-15,18-19,31H,16-17,20H2,1-5H3,(H,32,35)(H,33,36). The van der Waals surface area contributed by atoms with Gasteiger partial charge in [-0.3, -0.25) is 14.5 Å². The minimum absolute atomic E-state index is 0.0431. The van der Waals surface area contributed by atoms with Crippen LogP contribution in [0.1, 0.15) is 38.8 Å². The summed E-state index contributed by atoms with van der Waals surface area (Å²) in [5.74, 6) is -0.362. The highest BCUT2D eigenvalue weighted by molar-refractivity contribution is 7.13. The first-order valence-electron chi connectivity index (χ1n) is 12.7. The van der Waals surface area contributed by atoms with Crippen LogP contribution in [-0.2, 0) is 20.9 Å². The van der Waals surface area contributed by atoms with Gasteiger partial charge in [-0.15, -0.1) is 11.3 Å². The van der Waals surface area contributed by atoms with Crippen molar-refractivity contribution in [1.82, 2.24) is 10.6 Å². The van der Waals surface area contributed by atoms with Gasteiger partial charge in [-0.25, -0.2) is 4.79 Å². The fourth-order valence-corrected chi connectivity index (χ4v) is 4.33. The van der Waals surface area contributed by atoms with Crippen molar-refractivity contribution < 1.29 is 19.1 Å². The molecule has 3 amide bonds. The van der Waals surface area contributed by atoms with Crippen LogP contribution in [0.4, 0.5) is 16.2 Å². The minimum atomic E-state index is -0.646. The molecule has 0 spiro atoms. The number of carbonyl (C=O) groups excluding carboxylic acids is 3. The number of thiophene rings is 1. The first-order chi connectivity index (χ1) is 18.5. The smallest absolute Gasteiger partial charge is 0.414 e. The Hall–Kier alpha value is -3.95. The zero-order valence-corrected chi connectivity index (χ0v) is 23.9. The number of hydrogen-bond donors (Lipinski definition) is 3. The third-order valence-electron chi connectivity index (χ3n) is 5.50. The molecule has 9 heteroatoms. The molecular weight excluding hydrogens is 512 g/mol. The van der Waals surface area contributed by atoms with Crippen molar-refractivity contribution in [2.24, 2.45) is 0 Å². The van der Waals surface area contributed by atoms with Crippen LogP contribution in [0.3, 0.4) is 0 Å². The number of benzene rings is 2. The lowest BCUT2D eigenvalue weighted by Crippen LogP contribution is -2.34. The summed E-state index contributed by atoms with van der Waals surface area (Å²) in [6.45, 7) is 8.86. The Labute approximate surface area is 234 Å². The Kier molecular flexibility index (Phi) is 10.4. The van der Waals surface area contributed by atoms with Crippen LogP contribution in [0.5, 0.6) is 0 Å². The van der Waals surface area contributed by atoms with Crippen molar-refractivity contribution in [2.75, 3.05) is 30.4 Å². The Morgan fingerprint density at radius 2 is 1.77 bits per heavy atom. The van der Waals surface area contributed by atoms with E-state index in [1.165, 1.54) is 17.9 Å². The topological polar surface area (TPSA) is 99.8 Å². The summed E-state index contributed by atoms with van der Waals surface area (Å²) in [4.78, 5) is 39.0. The average Bonchev–Trinajstić information content (AvgIpc) is 3.41. The molecular formula is C30H36N4O4S. The normalized spacial score (nSPS) is 11.3. The largest absolute Gasteiger partial charge is 0.443 e. The second-order valence-electron chi connectivity index (χ2n) is 9.97. The number of anilines is 2. The van der Waals surface area contributed by atoms with Gasteiger partial charge in [-0.1, -0.05) is 36.4 Å². The van der Waals surface area contributed by atoms with Gasteiger partial charge in [0.2, 0.25) is 11.8 Å². The van der Waals surface area contributed by atoms with Gasteiger partial charge in [0.25, 0.3) is 0 Å². The second kappa shape index (κ2) is 13.7. The van der Waals surface area contributed by atoms with E-state index in [4.69, 9.17) is 4.74 Å². The van der Waals surface area contributed by atoms with E-state index in [1.807, 2.05) is 74.7 Å². The third kappa shape index (κ3) is 9.70. The van der Waals surface area contributed by atoms with Crippen molar-refractivity contribution >= 4 is 46.7 Å². The fourth-order valence-electron chi connectivity index (χ4n) is 3.61. The van der Waals surface area contributed by atoms with Crippen LogP contribution in [0.15, 0.2) is 66.1 Å². The minimum Gasteiger partial charge on any atom is -0.443 e. The molecule has 0 bridgehead atoms. The molecule has 0 saturated heterocycles. The van der Waals surface area contributed by atoms with Gasteiger partial charge in [0.15, 0.2) is 0 Å². The number of nitrogens with zero attached hydrogens (tertiary/aromatic N) is 1. The highest BCUT2D eigenvalue weighted by Gasteiger charge is 2.23. The maximum absolute atomic E-state index is 12.9. The monoisotopic (exact) mass is 548 g/mol. The summed E-state index contributed by atoms with van der Waals surface area (Å²) in [6.07, 6.45) is 2.70. The lowest BCUT2D eigenvalue weighted by Gasteiger charge is -2.26. The lowest BCUT2D eigenvalue weighted by molar-refractivity contribution is -0.119. The van der Waals surface area contributed by atoms with Crippen LogP contribution in [0, 0.1) is 0 Å². The molecule has 0 aliphatic carbocycles. The molecule has 3 aromatic rings. The van der Waals surface area contributed by atoms with Crippen molar-refractivity contribution in [1.29, 1.82) is 0 Å². The number of nitrogens with one attached hydrogen (secondary N) is 3. The summed E-state index contributed by atoms with van der Waals surface area (Å²) in [7, 11) is 1.62. The number of amides is 3. The molecule has 1 aromatic heterocycles.